The fourth-order valence-corrected chi connectivity index (χ4v) is 2.97. The highest BCUT2D eigenvalue weighted by Gasteiger charge is 2.25. The lowest BCUT2D eigenvalue weighted by atomic mass is 10.1. The molecule has 0 radical (unpaired) electrons. The molecular weight excluding hydrogens is 444 g/mol. The average molecular weight is 461 g/mol. The summed E-state index contributed by atoms with van der Waals surface area (Å²) in [5.41, 5.74) is 1.62. The van der Waals surface area contributed by atoms with Gasteiger partial charge < -0.3 is 9.47 Å². The van der Waals surface area contributed by atoms with Crippen LogP contribution >= 0.6 is 28.1 Å². The van der Waals surface area contributed by atoms with E-state index >= 15 is 0 Å². The molecule has 1 fully saturated rings. The molecule has 2 aromatic carbocycles. The molecule has 0 spiro atoms. The molecule has 28 heavy (non-hydrogen) atoms. The lowest BCUT2D eigenvalue weighted by Gasteiger charge is -2.17. The Kier molecular flexibility index (Phi) is 6.43. The zero-order valence-electron chi connectivity index (χ0n) is 15.0. The number of ether oxygens (including phenoxy) is 2. The van der Waals surface area contributed by atoms with Crippen LogP contribution in [0.25, 0.3) is 6.08 Å². The predicted octanol–water partition coefficient (Wildman–Crippen LogP) is 3.34. The van der Waals surface area contributed by atoms with Crippen molar-refractivity contribution in [3.8, 4) is 11.5 Å². The van der Waals surface area contributed by atoms with Crippen molar-refractivity contribution >= 4 is 51.2 Å². The van der Waals surface area contributed by atoms with Crippen LogP contribution in [0.15, 0.2) is 52.5 Å². The highest BCUT2D eigenvalue weighted by molar-refractivity contribution is 9.10. The van der Waals surface area contributed by atoms with E-state index in [1.54, 1.807) is 18.2 Å². The van der Waals surface area contributed by atoms with Gasteiger partial charge in [0.15, 0.2) is 16.6 Å². The number of carbonyl (C=O) groups excluding carboxylic acids is 2. The van der Waals surface area contributed by atoms with Crippen molar-refractivity contribution in [2.24, 2.45) is 0 Å². The number of amides is 2. The molecule has 2 amide bonds. The van der Waals surface area contributed by atoms with Crippen LogP contribution in [0.1, 0.15) is 18.1 Å². The second-order valence-electron chi connectivity index (χ2n) is 5.85. The maximum absolute atomic E-state index is 12.0. The van der Waals surface area contributed by atoms with Crippen LogP contribution < -0.4 is 20.1 Å². The summed E-state index contributed by atoms with van der Waals surface area (Å²) in [5, 5.41) is 4.81. The molecule has 1 saturated heterocycles. The third-order valence-corrected chi connectivity index (χ3v) is 4.56. The number of hydrogen-bond acceptors (Lipinski definition) is 5. The van der Waals surface area contributed by atoms with Gasteiger partial charge in [0.2, 0.25) is 0 Å². The van der Waals surface area contributed by atoms with Crippen LogP contribution in [0.3, 0.4) is 0 Å². The summed E-state index contributed by atoms with van der Waals surface area (Å²) in [4.78, 5) is 24.0. The van der Waals surface area contributed by atoms with Gasteiger partial charge in [-0.15, -0.1) is 0 Å². The van der Waals surface area contributed by atoms with Gasteiger partial charge in [0.05, 0.1) is 6.61 Å². The van der Waals surface area contributed by atoms with E-state index in [1.807, 2.05) is 31.2 Å². The average Bonchev–Trinajstić information content (AvgIpc) is 2.65. The molecule has 3 rings (SSSR count). The minimum Gasteiger partial charge on any atom is -0.490 e. The summed E-state index contributed by atoms with van der Waals surface area (Å²) >= 11 is 8.20. The quantitative estimate of drug-likeness (QED) is 0.392. The molecule has 1 aliphatic rings. The fraction of sp³-hybridized carbons (Fsp3) is 0.150. The number of benzene rings is 2. The lowest BCUT2D eigenvalue weighted by molar-refractivity contribution is -0.123. The normalized spacial score (nSPS) is 13.6. The Morgan fingerprint density at radius 2 is 1.68 bits per heavy atom. The smallest absolute Gasteiger partial charge is 0.263 e. The van der Waals surface area contributed by atoms with Gasteiger partial charge in [-0.1, -0.05) is 34.1 Å². The third-order valence-electron chi connectivity index (χ3n) is 3.83. The minimum atomic E-state index is -0.540. The van der Waals surface area contributed by atoms with Gasteiger partial charge >= 0.3 is 0 Å². The monoisotopic (exact) mass is 460 g/mol. The summed E-state index contributed by atoms with van der Waals surface area (Å²) in [6.07, 6.45) is 1.48. The lowest BCUT2D eigenvalue weighted by Crippen LogP contribution is -2.51. The van der Waals surface area contributed by atoms with Crippen LogP contribution in [-0.4, -0.2) is 23.5 Å². The standard InChI is InChI=1S/C20H17BrN2O4S/c1-2-26-17-10-13(9-15-18(24)22-20(28)23-19(15)25)5-8-16(17)27-11-12-3-6-14(21)7-4-12/h3-10H,2,11H2,1H3,(H2,22,23,24,25,28). The molecule has 2 N–H and O–H groups in total. The fourth-order valence-electron chi connectivity index (χ4n) is 2.52. The van der Waals surface area contributed by atoms with E-state index in [0.29, 0.717) is 30.3 Å². The third kappa shape index (κ3) is 4.96. The number of rotatable bonds is 6. The van der Waals surface area contributed by atoms with Crippen molar-refractivity contribution in [3.05, 3.63) is 63.6 Å². The van der Waals surface area contributed by atoms with Crippen LogP contribution in [0, 0.1) is 0 Å². The second-order valence-corrected chi connectivity index (χ2v) is 7.17. The van der Waals surface area contributed by atoms with Crippen molar-refractivity contribution < 1.29 is 19.1 Å². The molecular formula is C20H17BrN2O4S. The molecule has 0 saturated carbocycles. The molecule has 0 bridgehead atoms. The topological polar surface area (TPSA) is 76.7 Å². The zero-order valence-corrected chi connectivity index (χ0v) is 17.4. The molecule has 1 aliphatic heterocycles. The first-order valence-corrected chi connectivity index (χ1v) is 9.69. The zero-order chi connectivity index (χ0) is 20.1. The van der Waals surface area contributed by atoms with Gasteiger partial charge in [-0.25, -0.2) is 0 Å². The Bertz CT molecular complexity index is 935. The summed E-state index contributed by atoms with van der Waals surface area (Å²) in [6.45, 7) is 2.70. The minimum absolute atomic E-state index is 0.00107. The van der Waals surface area contributed by atoms with Gasteiger partial charge in [0.25, 0.3) is 11.8 Å². The summed E-state index contributed by atoms with van der Waals surface area (Å²) < 4.78 is 12.5. The maximum atomic E-state index is 12.0. The van der Waals surface area contributed by atoms with E-state index in [0.717, 1.165) is 10.0 Å². The Morgan fingerprint density at radius 1 is 1.00 bits per heavy atom. The first-order chi connectivity index (χ1) is 13.5. The highest BCUT2D eigenvalue weighted by atomic mass is 79.9. The number of halogens is 1. The van der Waals surface area contributed by atoms with Crippen molar-refractivity contribution in [1.29, 1.82) is 0 Å². The van der Waals surface area contributed by atoms with E-state index in [4.69, 9.17) is 21.7 Å². The maximum Gasteiger partial charge on any atom is 0.263 e. The van der Waals surface area contributed by atoms with E-state index in [-0.39, 0.29) is 10.7 Å². The summed E-state index contributed by atoms with van der Waals surface area (Å²) in [5.74, 6) is 0.0244. The molecule has 0 atom stereocenters. The number of carbonyl (C=O) groups is 2. The molecule has 0 unspecified atom stereocenters. The van der Waals surface area contributed by atoms with E-state index in [9.17, 15) is 9.59 Å². The highest BCUT2D eigenvalue weighted by Crippen LogP contribution is 2.30. The Labute approximate surface area is 176 Å². The molecule has 0 aromatic heterocycles. The van der Waals surface area contributed by atoms with Crippen LogP contribution in [0.4, 0.5) is 0 Å². The number of nitrogens with one attached hydrogen (secondary N) is 2. The van der Waals surface area contributed by atoms with Crippen LogP contribution in [0.2, 0.25) is 0 Å². The first-order valence-electron chi connectivity index (χ1n) is 8.48. The second kappa shape index (κ2) is 8.99. The van der Waals surface area contributed by atoms with Crippen molar-refractivity contribution in [3.63, 3.8) is 0 Å². The van der Waals surface area contributed by atoms with Crippen LogP contribution in [0.5, 0.6) is 11.5 Å². The van der Waals surface area contributed by atoms with Gasteiger partial charge in [-0.2, -0.15) is 0 Å². The van der Waals surface area contributed by atoms with Crippen molar-refractivity contribution in [2.75, 3.05) is 6.61 Å². The van der Waals surface area contributed by atoms with Gasteiger partial charge in [0.1, 0.15) is 12.2 Å². The summed E-state index contributed by atoms with van der Waals surface area (Å²) in [6, 6.07) is 13.1. The summed E-state index contributed by atoms with van der Waals surface area (Å²) in [7, 11) is 0. The molecule has 8 heteroatoms. The van der Waals surface area contributed by atoms with E-state index in [2.05, 4.69) is 26.6 Å². The number of thiocarbonyl (C=S) groups is 1. The van der Waals surface area contributed by atoms with E-state index < -0.39 is 11.8 Å². The van der Waals surface area contributed by atoms with Gasteiger partial charge in [-0.3, -0.25) is 20.2 Å². The molecule has 2 aromatic rings. The van der Waals surface area contributed by atoms with Crippen molar-refractivity contribution in [2.45, 2.75) is 13.5 Å². The SMILES string of the molecule is CCOc1cc(C=C2C(=O)NC(=S)NC2=O)ccc1OCc1ccc(Br)cc1. The Hall–Kier alpha value is -2.71. The predicted molar refractivity (Wildman–Crippen MR) is 113 cm³/mol. The first kappa shape index (κ1) is 20.0. The van der Waals surface area contributed by atoms with Crippen molar-refractivity contribution in [1.82, 2.24) is 10.6 Å². The molecule has 1 heterocycles. The van der Waals surface area contributed by atoms with Gasteiger partial charge in [0, 0.05) is 4.47 Å². The molecule has 6 nitrogen and oxygen atoms in total. The molecule has 144 valence electrons. The number of hydrogen-bond donors (Lipinski definition) is 2. The largest absolute Gasteiger partial charge is 0.490 e. The Morgan fingerprint density at radius 3 is 2.32 bits per heavy atom. The Balaban J connectivity index is 1.81. The van der Waals surface area contributed by atoms with Crippen LogP contribution in [-0.2, 0) is 16.2 Å². The molecule has 0 aliphatic carbocycles. The van der Waals surface area contributed by atoms with Gasteiger partial charge in [-0.05, 0) is 60.6 Å². The van der Waals surface area contributed by atoms with E-state index in [1.165, 1.54) is 6.08 Å².